The van der Waals surface area contributed by atoms with E-state index >= 15 is 0 Å². The molecular formula is C5HF6N2. The van der Waals surface area contributed by atoms with Crippen molar-refractivity contribution >= 4 is 0 Å². The zero-order valence-electron chi connectivity index (χ0n) is 5.74. The molecule has 0 aliphatic rings. The molecule has 0 aromatic carbocycles. The van der Waals surface area contributed by atoms with Crippen LogP contribution in [0, 0.1) is 6.07 Å². The van der Waals surface area contributed by atoms with Crippen LogP contribution >= 0.6 is 0 Å². The van der Waals surface area contributed by atoms with Gasteiger partial charge in [0, 0.05) is 12.3 Å². The highest BCUT2D eigenvalue weighted by Crippen LogP contribution is 2.29. The Bertz CT molecular complexity index is 266. The lowest BCUT2D eigenvalue weighted by Gasteiger charge is -2.05. The standard InChI is InChI=1S/C5HF6N2/c6-4(7,8)3-1-2-13(12-3)5(9,10)11/h2H. The Morgan fingerprint density at radius 1 is 1.15 bits per heavy atom. The van der Waals surface area contributed by atoms with Crippen molar-refractivity contribution in [3.8, 4) is 0 Å². The molecule has 8 heteroatoms. The molecule has 0 fully saturated rings. The largest absolute Gasteiger partial charge is 0.504 e. The van der Waals surface area contributed by atoms with E-state index in [4.69, 9.17) is 0 Å². The fourth-order valence-electron chi connectivity index (χ4n) is 0.556. The van der Waals surface area contributed by atoms with Gasteiger partial charge in [-0.3, -0.25) is 0 Å². The Morgan fingerprint density at radius 3 is 1.92 bits per heavy atom. The van der Waals surface area contributed by atoms with E-state index in [1.54, 1.807) is 0 Å². The minimum Gasteiger partial charge on any atom is -0.178 e. The minimum atomic E-state index is -4.94. The van der Waals surface area contributed by atoms with Crippen LogP contribution in [-0.4, -0.2) is 9.78 Å². The Labute approximate surface area is 67.8 Å². The molecule has 0 saturated heterocycles. The summed E-state index contributed by atoms with van der Waals surface area (Å²) in [7, 11) is 0. The summed E-state index contributed by atoms with van der Waals surface area (Å²) in [5, 5.41) is 2.26. The summed E-state index contributed by atoms with van der Waals surface area (Å²) in [6.07, 6.45) is -9.76. The number of hydrogen-bond acceptors (Lipinski definition) is 1. The van der Waals surface area contributed by atoms with Gasteiger partial charge in [0.1, 0.15) is 0 Å². The number of hydrogen-bond donors (Lipinski definition) is 0. The van der Waals surface area contributed by atoms with Crippen LogP contribution in [0.25, 0.3) is 0 Å². The lowest BCUT2D eigenvalue weighted by Crippen LogP contribution is -2.18. The van der Waals surface area contributed by atoms with Crippen molar-refractivity contribution in [2.75, 3.05) is 0 Å². The molecule has 2 nitrogen and oxygen atoms in total. The van der Waals surface area contributed by atoms with Crippen molar-refractivity contribution in [1.29, 1.82) is 0 Å². The maximum absolute atomic E-state index is 11.7. The topological polar surface area (TPSA) is 17.8 Å². The molecule has 13 heavy (non-hydrogen) atoms. The highest BCUT2D eigenvalue weighted by atomic mass is 19.4. The normalized spacial score (nSPS) is 13.4. The van der Waals surface area contributed by atoms with Crippen LogP contribution in [0.15, 0.2) is 6.20 Å². The van der Waals surface area contributed by atoms with Gasteiger partial charge in [-0.25, -0.2) is 0 Å². The smallest absolute Gasteiger partial charge is 0.178 e. The molecule has 1 aromatic rings. The van der Waals surface area contributed by atoms with Gasteiger partial charge in [-0.1, -0.05) is 0 Å². The van der Waals surface area contributed by atoms with Crippen LogP contribution in [-0.2, 0) is 12.5 Å². The monoisotopic (exact) mass is 203 g/mol. The van der Waals surface area contributed by atoms with Crippen LogP contribution in [0.4, 0.5) is 26.3 Å². The van der Waals surface area contributed by atoms with Gasteiger partial charge in [-0.15, -0.1) is 13.2 Å². The summed E-state index contributed by atoms with van der Waals surface area (Å²) < 4.78 is 69.5. The first-order valence-corrected chi connectivity index (χ1v) is 2.83. The Morgan fingerprint density at radius 2 is 1.69 bits per heavy atom. The summed E-state index contributed by atoms with van der Waals surface area (Å²) >= 11 is 0. The van der Waals surface area contributed by atoms with E-state index in [9.17, 15) is 26.3 Å². The predicted molar refractivity (Wildman–Crippen MR) is 27.4 cm³/mol. The van der Waals surface area contributed by atoms with Crippen molar-refractivity contribution in [3.63, 3.8) is 0 Å². The van der Waals surface area contributed by atoms with Gasteiger partial charge in [0.05, 0.1) is 0 Å². The number of aromatic nitrogens is 2. The van der Waals surface area contributed by atoms with Gasteiger partial charge >= 0.3 is 12.5 Å². The molecule has 1 aromatic heterocycles. The Kier molecular flexibility index (Phi) is 2.01. The van der Waals surface area contributed by atoms with E-state index in [0.29, 0.717) is 0 Å². The third-order valence-electron chi connectivity index (χ3n) is 1.06. The predicted octanol–water partition coefficient (Wildman–Crippen LogP) is 2.18. The van der Waals surface area contributed by atoms with Crippen molar-refractivity contribution < 1.29 is 26.3 Å². The lowest BCUT2D eigenvalue weighted by molar-refractivity contribution is -0.214. The summed E-state index contributed by atoms with van der Waals surface area (Å²) in [6, 6.07) is 1.36. The molecule has 1 heterocycles. The Balaban J connectivity index is 3.01. The lowest BCUT2D eigenvalue weighted by atomic mass is 10.4. The van der Waals surface area contributed by atoms with Gasteiger partial charge in [-0.2, -0.15) is 23.0 Å². The molecule has 0 saturated carbocycles. The summed E-state index contributed by atoms with van der Waals surface area (Å²) in [5.74, 6) is 0. The number of rotatable bonds is 0. The average Bonchev–Trinajstić information content (AvgIpc) is 2.28. The van der Waals surface area contributed by atoms with Crippen LogP contribution in [0.2, 0.25) is 0 Å². The van der Waals surface area contributed by atoms with Gasteiger partial charge in [-0.05, 0) is 0 Å². The number of alkyl halides is 6. The average molecular weight is 203 g/mol. The maximum Gasteiger partial charge on any atom is 0.504 e. The first-order valence-electron chi connectivity index (χ1n) is 2.83. The molecule has 0 spiro atoms. The van der Waals surface area contributed by atoms with Crippen LogP contribution < -0.4 is 0 Å². The Hall–Kier alpha value is -1.21. The molecule has 1 rings (SSSR count). The second-order valence-corrected chi connectivity index (χ2v) is 2.03. The van der Waals surface area contributed by atoms with E-state index in [2.05, 4.69) is 5.10 Å². The zero-order valence-corrected chi connectivity index (χ0v) is 5.74. The second kappa shape index (κ2) is 2.64. The molecule has 0 amide bonds. The van der Waals surface area contributed by atoms with Crippen molar-refractivity contribution in [1.82, 2.24) is 9.78 Å². The van der Waals surface area contributed by atoms with Gasteiger partial charge < -0.3 is 0 Å². The molecule has 0 unspecified atom stereocenters. The van der Waals surface area contributed by atoms with Gasteiger partial charge in [0.25, 0.3) is 0 Å². The third-order valence-corrected chi connectivity index (χ3v) is 1.06. The maximum atomic E-state index is 11.7. The molecule has 0 N–H and O–H groups in total. The van der Waals surface area contributed by atoms with E-state index < -0.39 is 22.9 Å². The fraction of sp³-hybridized carbons (Fsp3) is 0.400. The highest BCUT2D eigenvalue weighted by molar-refractivity contribution is 5.01. The highest BCUT2D eigenvalue weighted by Gasteiger charge is 2.38. The molecule has 73 valence electrons. The van der Waals surface area contributed by atoms with Crippen molar-refractivity contribution in [3.05, 3.63) is 18.0 Å². The van der Waals surface area contributed by atoms with E-state index in [-0.39, 0.29) is 6.20 Å². The second-order valence-electron chi connectivity index (χ2n) is 2.03. The fourth-order valence-corrected chi connectivity index (χ4v) is 0.556. The van der Waals surface area contributed by atoms with Crippen LogP contribution in [0.5, 0.6) is 0 Å². The van der Waals surface area contributed by atoms with E-state index in [1.165, 1.54) is 6.07 Å². The summed E-state index contributed by atoms with van der Waals surface area (Å²) in [6.45, 7) is 0. The first-order chi connectivity index (χ1) is 5.71. The summed E-state index contributed by atoms with van der Waals surface area (Å²) in [4.78, 5) is 0. The van der Waals surface area contributed by atoms with E-state index in [0.717, 1.165) is 0 Å². The van der Waals surface area contributed by atoms with E-state index in [1.807, 2.05) is 0 Å². The zero-order chi connectivity index (χ0) is 10.3. The minimum absolute atomic E-state index is 0.0861. The molecule has 0 bridgehead atoms. The molecule has 0 atom stereocenters. The van der Waals surface area contributed by atoms with Gasteiger partial charge in [0.2, 0.25) is 0 Å². The molecule has 0 aliphatic carbocycles. The van der Waals surface area contributed by atoms with Crippen molar-refractivity contribution in [2.24, 2.45) is 0 Å². The van der Waals surface area contributed by atoms with Crippen LogP contribution in [0.3, 0.4) is 0 Å². The quantitative estimate of drug-likeness (QED) is 0.591. The number of nitrogens with zero attached hydrogens (tertiary/aromatic N) is 2. The molecule has 1 radical (unpaired) electrons. The SMILES string of the molecule is FC(F)(F)c1[c]cn(C(F)(F)F)n1. The molecular weight excluding hydrogens is 202 g/mol. The number of halogens is 6. The first kappa shape index (κ1) is 9.87. The van der Waals surface area contributed by atoms with Gasteiger partial charge in [0.15, 0.2) is 5.69 Å². The van der Waals surface area contributed by atoms with Crippen LogP contribution in [0.1, 0.15) is 5.69 Å². The molecule has 0 aliphatic heterocycles. The third kappa shape index (κ3) is 2.13. The van der Waals surface area contributed by atoms with Crippen molar-refractivity contribution in [2.45, 2.75) is 12.5 Å². The summed E-state index contributed by atoms with van der Waals surface area (Å²) in [5.41, 5.74) is -1.69.